The lowest BCUT2D eigenvalue weighted by molar-refractivity contribution is 0.0667. The maximum atomic E-state index is 12.9. The zero-order chi connectivity index (χ0) is 23.7. The Balaban J connectivity index is 1.30. The van der Waals surface area contributed by atoms with E-state index in [1.54, 1.807) is 59.5 Å². The molecule has 172 valence electrons. The summed E-state index contributed by atoms with van der Waals surface area (Å²) in [4.78, 5) is 55.2. The maximum Gasteiger partial charge on any atom is 0.333 e. The van der Waals surface area contributed by atoms with Crippen molar-refractivity contribution in [2.24, 2.45) is 0 Å². The Morgan fingerprint density at radius 3 is 2.44 bits per heavy atom. The van der Waals surface area contributed by atoms with E-state index in [2.05, 4.69) is 10.3 Å². The molecule has 34 heavy (non-hydrogen) atoms. The van der Waals surface area contributed by atoms with Crippen molar-refractivity contribution in [3.8, 4) is 5.69 Å². The van der Waals surface area contributed by atoms with E-state index in [-0.39, 0.29) is 17.9 Å². The van der Waals surface area contributed by atoms with Crippen LogP contribution in [0.15, 0.2) is 80.9 Å². The minimum atomic E-state index is -0.574. The van der Waals surface area contributed by atoms with Crippen LogP contribution in [0.4, 0.5) is 0 Å². The molecule has 9 heteroatoms. The summed E-state index contributed by atoms with van der Waals surface area (Å²) in [5.41, 5.74) is 0.0810. The third kappa shape index (κ3) is 4.03. The van der Waals surface area contributed by atoms with Crippen LogP contribution in [0.1, 0.15) is 33.8 Å². The highest BCUT2D eigenvalue weighted by molar-refractivity contribution is 5.98. The number of hydrogen-bond donors (Lipinski definition) is 2. The smallest absolute Gasteiger partial charge is 0.333 e. The second-order valence-corrected chi connectivity index (χ2v) is 8.18. The van der Waals surface area contributed by atoms with Crippen LogP contribution in [0.3, 0.4) is 0 Å². The lowest BCUT2D eigenvalue weighted by Crippen LogP contribution is -2.46. The van der Waals surface area contributed by atoms with E-state index in [0.29, 0.717) is 53.8 Å². The number of piperidine rings is 1. The summed E-state index contributed by atoms with van der Waals surface area (Å²) in [7, 11) is 0. The molecule has 0 radical (unpaired) electrons. The van der Waals surface area contributed by atoms with Crippen LogP contribution >= 0.6 is 0 Å². The van der Waals surface area contributed by atoms with Gasteiger partial charge in [0.25, 0.3) is 17.4 Å². The lowest BCUT2D eigenvalue weighted by Gasteiger charge is -2.31. The van der Waals surface area contributed by atoms with Gasteiger partial charge >= 0.3 is 5.69 Å². The first-order valence-electron chi connectivity index (χ1n) is 11.0. The molecule has 9 nitrogen and oxygen atoms in total. The van der Waals surface area contributed by atoms with Gasteiger partial charge in [-0.05, 0) is 55.3 Å². The molecule has 1 aliphatic heterocycles. The molecule has 0 unspecified atom stereocenters. The van der Waals surface area contributed by atoms with Crippen LogP contribution in [0.2, 0.25) is 0 Å². The number of H-pyrrole nitrogens is 1. The third-order valence-electron chi connectivity index (χ3n) is 6.02. The first-order valence-corrected chi connectivity index (χ1v) is 11.0. The number of aromatic nitrogens is 2. The van der Waals surface area contributed by atoms with Gasteiger partial charge in [-0.2, -0.15) is 0 Å². The van der Waals surface area contributed by atoms with E-state index in [0.717, 1.165) is 4.57 Å². The Morgan fingerprint density at radius 2 is 1.74 bits per heavy atom. The largest absolute Gasteiger partial charge is 0.459 e. The quantitative estimate of drug-likeness (QED) is 0.487. The SMILES string of the molecule is O=C(NC1CCN(C(=O)c2ccco2)CC1)c1ccc2c(=O)n(-c3ccccc3)c(=O)[nH]c2c1. The zero-order valence-electron chi connectivity index (χ0n) is 18.2. The molecule has 2 aromatic heterocycles. The lowest BCUT2D eigenvalue weighted by atomic mass is 10.0. The standard InChI is InChI=1S/C25H22N4O5/c30-22(26-17-10-12-28(13-11-17)24(32)21-7-4-14-34-21)16-8-9-19-20(15-16)27-25(33)29(23(19)31)18-5-2-1-3-6-18/h1-9,14-15,17H,10-13H2,(H,26,30)(H,27,33). The van der Waals surface area contributed by atoms with Crippen molar-refractivity contribution in [3.63, 3.8) is 0 Å². The van der Waals surface area contributed by atoms with Gasteiger partial charge in [-0.15, -0.1) is 0 Å². The van der Waals surface area contributed by atoms with Gasteiger partial charge in [0, 0.05) is 24.7 Å². The number of nitrogens with one attached hydrogen (secondary N) is 2. The highest BCUT2D eigenvalue weighted by Crippen LogP contribution is 2.16. The number of carbonyl (C=O) groups is 2. The summed E-state index contributed by atoms with van der Waals surface area (Å²) in [6, 6.07) is 16.5. The first kappa shape index (κ1) is 21.4. The molecule has 0 aliphatic carbocycles. The van der Waals surface area contributed by atoms with Crippen molar-refractivity contribution in [1.29, 1.82) is 0 Å². The predicted octanol–water partition coefficient (Wildman–Crippen LogP) is 2.31. The first-order chi connectivity index (χ1) is 16.5. The Kier molecular flexibility index (Phi) is 5.59. The molecule has 2 aromatic carbocycles. The van der Waals surface area contributed by atoms with Crippen LogP contribution < -0.4 is 16.6 Å². The molecule has 1 saturated heterocycles. The van der Waals surface area contributed by atoms with E-state index in [1.165, 1.54) is 12.3 Å². The summed E-state index contributed by atoms with van der Waals surface area (Å²) < 4.78 is 6.24. The van der Waals surface area contributed by atoms with E-state index in [9.17, 15) is 19.2 Å². The molecule has 0 saturated carbocycles. The highest BCUT2D eigenvalue weighted by Gasteiger charge is 2.26. The number of hydrogen-bond acceptors (Lipinski definition) is 5. The molecule has 2 N–H and O–H groups in total. The number of nitrogens with zero attached hydrogens (tertiary/aromatic N) is 2. The summed E-state index contributed by atoms with van der Waals surface area (Å²) >= 11 is 0. The minimum Gasteiger partial charge on any atom is -0.459 e. The fourth-order valence-corrected chi connectivity index (χ4v) is 4.22. The predicted molar refractivity (Wildman–Crippen MR) is 125 cm³/mol. The summed E-state index contributed by atoms with van der Waals surface area (Å²) in [5, 5.41) is 3.29. The van der Waals surface area contributed by atoms with Crippen molar-refractivity contribution in [2.45, 2.75) is 18.9 Å². The number of benzene rings is 2. The second kappa shape index (κ2) is 8.86. The third-order valence-corrected chi connectivity index (χ3v) is 6.02. The molecule has 0 spiro atoms. The minimum absolute atomic E-state index is 0.0889. The molecule has 1 aliphatic rings. The summed E-state index contributed by atoms with van der Waals surface area (Å²) in [6.07, 6.45) is 2.70. The van der Waals surface area contributed by atoms with Crippen LogP contribution in [0, 0.1) is 0 Å². The fourth-order valence-electron chi connectivity index (χ4n) is 4.22. The van der Waals surface area contributed by atoms with Crippen molar-refractivity contribution in [2.75, 3.05) is 13.1 Å². The molecular weight excluding hydrogens is 436 g/mol. The molecule has 0 atom stereocenters. The van der Waals surface area contributed by atoms with Crippen molar-refractivity contribution in [1.82, 2.24) is 19.8 Å². The molecule has 3 heterocycles. The number of fused-ring (bicyclic) bond motifs is 1. The Labute approximate surface area is 193 Å². The van der Waals surface area contributed by atoms with E-state index < -0.39 is 11.2 Å². The zero-order valence-corrected chi connectivity index (χ0v) is 18.2. The van der Waals surface area contributed by atoms with E-state index in [1.807, 2.05) is 0 Å². The van der Waals surface area contributed by atoms with Gasteiger partial charge in [-0.3, -0.25) is 14.4 Å². The highest BCUT2D eigenvalue weighted by atomic mass is 16.3. The van der Waals surface area contributed by atoms with Crippen LogP contribution in [0.25, 0.3) is 16.6 Å². The second-order valence-electron chi connectivity index (χ2n) is 8.18. The van der Waals surface area contributed by atoms with Gasteiger partial charge in [-0.1, -0.05) is 18.2 Å². The molecule has 5 rings (SSSR count). The average molecular weight is 458 g/mol. The van der Waals surface area contributed by atoms with Gasteiger partial charge in [0.1, 0.15) is 0 Å². The van der Waals surface area contributed by atoms with Crippen LogP contribution in [-0.2, 0) is 0 Å². The van der Waals surface area contributed by atoms with Crippen molar-refractivity contribution >= 4 is 22.7 Å². The summed E-state index contributed by atoms with van der Waals surface area (Å²) in [6.45, 7) is 1.02. The van der Waals surface area contributed by atoms with Crippen LogP contribution in [-0.4, -0.2) is 45.4 Å². The van der Waals surface area contributed by atoms with Crippen LogP contribution in [0.5, 0.6) is 0 Å². The number of likely N-dealkylation sites (tertiary alicyclic amines) is 1. The number of para-hydroxylation sites is 1. The average Bonchev–Trinajstić information content (AvgIpc) is 3.39. The molecule has 2 amide bonds. The van der Waals surface area contributed by atoms with Gasteiger partial charge in [-0.25, -0.2) is 9.36 Å². The monoisotopic (exact) mass is 458 g/mol. The van der Waals surface area contributed by atoms with Gasteiger partial charge in [0.05, 0.1) is 22.9 Å². The molecule has 0 bridgehead atoms. The Bertz CT molecular complexity index is 1460. The van der Waals surface area contributed by atoms with E-state index >= 15 is 0 Å². The van der Waals surface area contributed by atoms with Crippen molar-refractivity contribution in [3.05, 3.63) is 99.1 Å². The van der Waals surface area contributed by atoms with Gasteiger partial charge in [0.15, 0.2) is 5.76 Å². The number of aromatic amines is 1. The van der Waals surface area contributed by atoms with Crippen molar-refractivity contribution < 1.29 is 14.0 Å². The topological polar surface area (TPSA) is 117 Å². The van der Waals surface area contributed by atoms with Gasteiger partial charge in [0.2, 0.25) is 0 Å². The number of carbonyl (C=O) groups excluding carboxylic acids is 2. The summed E-state index contributed by atoms with van der Waals surface area (Å²) in [5.74, 6) is -0.154. The maximum absolute atomic E-state index is 12.9. The number of rotatable bonds is 4. The Hall–Kier alpha value is -4.40. The molecular formula is C25H22N4O5. The molecule has 4 aromatic rings. The van der Waals surface area contributed by atoms with Gasteiger partial charge < -0.3 is 19.6 Å². The Morgan fingerprint density at radius 1 is 0.971 bits per heavy atom. The van der Waals surface area contributed by atoms with E-state index in [4.69, 9.17) is 4.42 Å². The molecule has 1 fully saturated rings. The number of furan rings is 1. The number of amides is 2. The fraction of sp³-hybridized carbons (Fsp3) is 0.200. The normalized spacial score (nSPS) is 14.3.